The minimum atomic E-state index is -0.604. The van der Waals surface area contributed by atoms with Gasteiger partial charge in [0, 0.05) is 6.07 Å². The monoisotopic (exact) mass is 209 g/mol. The molecule has 15 heavy (non-hydrogen) atoms. The zero-order valence-electron chi connectivity index (χ0n) is 8.86. The summed E-state index contributed by atoms with van der Waals surface area (Å²) in [5.74, 6) is 0.994. The van der Waals surface area contributed by atoms with Crippen LogP contribution >= 0.6 is 0 Å². The van der Waals surface area contributed by atoms with Crippen molar-refractivity contribution in [2.24, 2.45) is 11.7 Å². The molecule has 1 aromatic heterocycles. The number of nitrogens with two attached hydrogens (primary N) is 1. The van der Waals surface area contributed by atoms with Crippen LogP contribution in [0.15, 0.2) is 18.3 Å². The minimum absolute atomic E-state index is 0.454. The quantitative estimate of drug-likeness (QED) is 0.790. The van der Waals surface area contributed by atoms with E-state index < -0.39 is 6.03 Å². The molecule has 0 aromatic carbocycles. The van der Waals surface area contributed by atoms with Gasteiger partial charge in [-0.2, -0.15) is 0 Å². The van der Waals surface area contributed by atoms with Crippen LogP contribution in [0.25, 0.3) is 0 Å². The zero-order valence-corrected chi connectivity index (χ0v) is 8.86. The normalized spacial score (nSPS) is 10.1. The molecule has 0 saturated carbocycles. The number of hydrogen-bond donors (Lipinski definition) is 2. The van der Waals surface area contributed by atoms with Crippen molar-refractivity contribution in [1.29, 1.82) is 0 Å². The molecule has 0 bridgehead atoms. The number of anilines is 1. The van der Waals surface area contributed by atoms with Gasteiger partial charge in [0.2, 0.25) is 5.88 Å². The first-order valence-electron chi connectivity index (χ1n) is 4.73. The molecule has 0 saturated heterocycles. The summed E-state index contributed by atoms with van der Waals surface area (Å²) in [7, 11) is 0. The second-order valence-electron chi connectivity index (χ2n) is 3.58. The summed E-state index contributed by atoms with van der Waals surface area (Å²) >= 11 is 0. The van der Waals surface area contributed by atoms with Crippen LogP contribution in [0.5, 0.6) is 5.88 Å². The van der Waals surface area contributed by atoms with Gasteiger partial charge < -0.3 is 15.8 Å². The SMILES string of the molecule is CC(C)COc1ccc(NC(N)=O)cn1. The summed E-state index contributed by atoms with van der Waals surface area (Å²) < 4.78 is 5.37. The smallest absolute Gasteiger partial charge is 0.316 e. The van der Waals surface area contributed by atoms with Crippen molar-refractivity contribution >= 4 is 11.7 Å². The molecule has 0 fully saturated rings. The molecule has 3 N–H and O–H groups in total. The number of nitrogens with zero attached hydrogens (tertiary/aromatic N) is 1. The Morgan fingerprint density at radius 3 is 2.80 bits per heavy atom. The van der Waals surface area contributed by atoms with Crippen molar-refractivity contribution in [1.82, 2.24) is 4.98 Å². The lowest BCUT2D eigenvalue weighted by Gasteiger charge is -2.08. The van der Waals surface area contributed by atoms with E-state index in [1.807, 2.05) is 0 Å². The number of aromatic nitrogens is 1. The summed E-state index contributed by atoms with van der Waals surface area (Å²) in [5.41, 5.74) is 5.51. The molecule has 0 atom stereocenters. The van der Waals surface area contributed by atoms with E-state index in [0.29, 0.717) is 24.1 Å². The molecule has 1 heterocycles. The number of amides is 2. The largest absolute Gasteiger partial charge is 0.477 e. The molecule has 1 aromatic rings. The van der Waals surface area contributed by atoms with E-state index in [4.69, 9.17) is 10.5 Å². The van der Waals surface area contributed by atoms with Crippen molar-refractivity contribution < 1.29 is 9.53 Å². The number of carbonyl (C=O) groups is 1. The summed E-state index contributed by atoms with van der Waals surface area (Å²) in [4.78, 5) is 14.5. The van der Waals surface area contributed by atoms with Crippen LogP contribution in [0.4, 0.5) is 10.5 Å². The first kappa shape index (κ1) is 11.3. The summed E-state index contributed by atoms with van der Waals surface area (Å²) in [6.07, 6.45) is 1.50. The van der Waals surface area contributed by atoms with Crippen molar-refractivity contribution in [3.05, 3.63) is 18.3 Å². The van der Waals surface area contributed by atoms with Crippen LogP contribution < -0.4 is 15.8 Å². The fraction of sp³-hybridized carbons (Fsp3) is 0.400. The molecule has 82 valence electrons. The Hall–Kier alpha value is -1.78. The molecule has 2 amide bonds. The Labute approximate surface area is 88.6 Å². The average molecular weight is 209 g/mol. The standard InChI is InChI=1S/C10H15N3O2/c1-7(2)6-15-9-4-3-8(5-12-9)13-10(11)14/h3-5,7H,6H2,1-2H3,(H3,11,13,14). The van der Waals surface area contributed by atoms with E-state index >= 15 is 0 Å². The number of urea groups is 1. The van der Waals surface area contributed by atoms with E-state index in [2.05, 4.69) is 24.1 Å². The first-order valence-corrected chi connectivity index (χ1v) is 4.73. The molecule has 5 nitrogen and oxygen atoms in total. The topological polar surface area (TPSA) is 77.2 Å². The van der Waals surface area contributed by atoms with Gasteiger partial charge in [0.1, 0.15) is 0 Å². The van der Waals surface area contributed by atoms with Gasteiger partial charge in [0.15, 0.2) is 0 Å². The Morgan fingerprint density at radius 2 is 2.33 bits per heavy atom. The van der Waals surface area contributed by atoms with Gasteiger partial charge in [-0.15, -0.1) is 0 Å². The molecule has 0 aliphatic rings. The number of rotatable bonds is 4. The maximum atomic E-state index is 10.5. The molecule has 5 heteroatoms. The predicted molar refractivity (Wildman–Crippen MR) is 57.8 cm³/mol. The lowest BCUT2D eigenvalue weighted by Crippen LogP contribution is -2.19. The van der Waals surface area contributed by atoms with Gasteiger partial charge in [0.25, 0.3) is 0 Å². The molecular weight excluding hydrogens is 194 g/mol. The number of pyridine rings is 1. The molecular formula is C10H15N3O2. The van der Waals surface area contributed by atoms with Gasteiger partial charge in [-0.3, -0.25) is 0 Å². The average Bonchev–Trinajstić information content (AvgIpc) is 2.16. The molecule has 0 unspecified atom stereocenters. The molecule has 0 spiro atoms. The van der Waals surface area contributed by atoms with E-state index in [1.165, 1.54) is 6.20 Å². The molecule has 0 aliphatic heterocycles. The number of carbonyl (C=O) groups excluding carboxylic acids is 1. The van der Waals surface area contributed by atoms with Crippen molar-refractivity contribution in [3.63, 3.8) is 0 Å². The van der Waals surface area contributed by atoms with Crippen LogP contribution in [-0.2, 0) is 0 Å². The van der Waals surface area contributed by atoms with Gasteiger partial charge in [0.05, 0.1) is 18.5 Å². The Kier molecular flexibility index (Phi) is 3.91. The fourth-order valence-electron chi connectivity index (χ4n) is 0.934. The van der Waals surface area contributed by atoms with E-state index in [9.17, 15) is 4.79 Å². The summed E-state index contributed by atoms with van der Waals surface area (Å²) in [5, 5.41) is 2.42. The van der Waals surface area contributed by atoms with Crippen LogP contribution in [0.2, 0.25) is 0 Å². The van der Waals surface area contributed by atoms with Crippen LogP contribution in [0.3, 0.4) is 0 Å². The van der Waals surface area contributed by atoms with Gasteiger partial charge >= 0.3 is 6.03 Å². The minimum Gasteiger partial charge on any atom is -0.477 e. The zero-order chi connectivity index (χ0) is 11.3. The van der Waals surface area contributed by atoms with Gasteiger partial charge in [-0.25, -0.2) is 9.78 Å². The number of nitrogens with one attached hydrogen (secondary N) is 1. The molecule has 0 aliphatic carbocycles. The van der Waals surface area contributed by atoms with Crippen molar-refractivity contribution in [2.45, 2.75) is 13.8 Å². The van der Waals surface area contributed by atoms with E-state index in [1.54, 1.807) is 12.1 Å². The van der Waals surface area contributed by atoms with Crippen LogP contribution in [0, 0.1) is 5.92 Å². The van der Waals surface area contributed by atoms with Gasteiger partial charge in [-0.05, 0) is 12.0 Å². The van der Waals surface area contributed by atoms with Gasteiger partial charge in [-0.1, -0.05) is 13.8 Å². The highest BCUT2D eigenvalue weighted by Gasteiger charge is 2.00. The summed E-state index contributed by atoms with van der Waals surface area (Å²) in [6, 6.07) is 2.77. The van der Waals surface area contributed by atoms with Crippen molar-refractivity contribution in [3.8, 4) is 5.88 Å². The molecule has 1 rings (SSSR count). The fourth-order valence-corrected chi connectivity index (χ4v) is 0.934. The third-order valence-electron chi connectivity index (χ3n) is 1.57. The highest BCUT2D eigenvalue weighted by atomic mass is 16.5. The Morgan fingerprint density at radius 1 is 1.60 bits per heavy atom. The van der Waals surface area contributed by atoms with Crippen LogP contribution in [-0.4, -0.2) is 17.6 Å². The first-order chi connectivity index (χ1) is 7.08. The van der Waals surface area contributed by atoms with E-state index in [-0.39, 0.29) is 0 Å². The summed E-state index contributed by atoms with van der Waals surface area (Å²) in [6.45, 7) is 4.74. The number of ether oxygens (including phenoxy) is 1. The third-order valence-corrected chi connectivity index (χ3v) is 1.57. The Balaban J connectivity index is 2.52. The van der Waals surface area contributed by atoms with E-state index in [0.717, 1.165) is 0 Å². The second kappa shape index (κ2) is 5.19. The predicted octanol–water partition coefficient (Wildman–Crippen LogP) is 1.61. The number of hydrogen-bond acceptors (Lipinski definition) is 3. The lowest BCUT2D eigenvalue weighted by molar-refractivity contribution is 0.259. The third kappa shape index (κ3) is 4.30. The second-order valence-corrected chi connectivity index (χ2v) is 3.58. The number of primary amides is 1. The molecule has 0 radical (unpaired) electrons. The maximum Gasteiger partial charge on any atom is 0.316 e. The lowest BCUT2D eigenvalue weighted by atomic mass is 10.2. The van der Waals surface area contributed by atoms with Crippen molar-refractivity contribution in [2.75, 3.05) is 11.9 Å². The highest BCUT2D eigenvalue weighted by molar-refractivity contribution is 5.87. The van der Waals surface area contributed by atoms with Crippen LogP contribution in [0.1, 0.15) is 13.8 Å². The highest BCUT2D eigenvalue weighted by Crippen LogP contribution is 2.11. The Bertz CT molecular complexity index is 322. The maximum absolute atomic E-state index is 10.5.